The van der Waals surface area contributed by atoms with Crippen molar-refractivity contribution in [1.29, 1.82) is 0 Å². The number of rotatable bonds is 10. The Morgan fingerprint density at radius 1 is 1.00 bits per heavy atom. The van der Waals surface area contributed by atoms with Crippen LogP contribution in [0.5, 0.6) is 0 Å². The van der Waals surface area contributed by atoms with Crippen molar-refractivity contribution in [2.24, 2.45) is 5.92 Å². The average molecular weight is 448 g/mol. The molecule has 1 aromatic carbocycles. The van der Waals surface area contributed by atoms with Gasteiger partial charge in [0.15, 0.2) is 0 Å². The van der Waals surface area contributed by atoms with E-state index < -0.39 is 23.8 Å². The Morgan fingerprint density at radius 2 is 1.59 bits per heavy atom. The van der Waals surface area contributed by atoms with E-state index in [9.17, 15) is 14.4 Å². The van der Waals surface area contributed by atoms with Gasteiger partial charge in [-0.3, -0.25) is 9.59 Å². The number of nitrogens with one attached hydrogen (secondary N) is 2. The lowest BCUT2D eigenvalue weighted by Gasteiger charge is -2.35. The van der Waals surface area contributed by atoms with E-state index in [2.05, 4.69) is 10.6 Å². The van der Waals surface area contributed by atoms with Crippen molar-refractivity contribution >= 4 is 17.9 Å². The molecule has 0 bridgehead atoms. The quantitative estimate of drug-likeness (QED) is 0.555. The highest BCUT2D eigenvalue weighted by Gasteiger charge is 2.36. The van der Waals surface area contributed by atoms with Crippen LogP contribution in [0.3, 0.4) is 0 Å². The smallest absolute Gasteiger partial charge is 0.408 e. The molecular formula is C25H41N3O4. The SMILES string of the molecule is CCCN(C(=O)C(CC(C)C)NC(=O)OC(C)(C)C)C(C(=O)NC(C)C)c1ccccc1. The number of hydrogen-bond acceptors (Lipinski definition) is 4. The van der Waals surface area contributed by atoms with Gasteiger partial charge in [-0.1, -0.05) is 51.1 Å². The number of alkyl carbamates (subject to hydrolysis) is 1. The van der Waals surface area contributed by atoms with Crippen molar-refractivity contribution < 1.29 is 19.1 Å². The molecule has 32 heavy (non-hydrogen) atoms. The second kappa shape index (κ2) is 12.5. The maximum Gasteiger partial charge on any atom is 0.408 e. The maximum absolute atomic E-state index is 13.8. The van der Waals surface area contributed by atoms with Crippen LogP contribution in [-0.4, -0.2) is 47.0 Å². The van der Waals surface area contributed by atoms with E-state index in [0.717, 1.165) is 5.56 Å². The van der Waals surface area contributed by atoms with Crippen LogP contribution in [0, 0.1) is 5.92 Å². The molecule has 0 radical (unpaired) electrons. The van der Waals surface area contributed by atoms with Gasteiger partial charge in [-0.2, -0.15) is 0 Å². The zero-order valence-corrected chi connectivity index (χ0v) is 20.9. The van der Waals surface area contributed by atoms with Gasteiger partial charge < -0.3 is 20.3 Å². The van der Waals surface area contributed by atoms with Crippen LogP contribution in [0.1, 0.15) is 79.8 Å². The van der Waals surface area contributed by atoms with Crippen LogP contribution in [0.2, 0.25) is 0 Å². The monoisotopic (exact) mass is 447 g/mol. The van der Waals surface area contributed by atoms with E-state index in [1.54, 1.807) is 25.7 Å². The Hall–Kier alpha value is -2.57. The largest absolute Gasteiger partial charge is 0.444 e. The van der Waals surface area contributed by atoms with Gasteiger partial charge >= 0.3 is 6.09 Å². The molecule has 0 saturated carbocycles. The van der Waals surface area contributed by atoms with Crippen LogP contribution >= 0.6 is 0 Å². The Bertz CT molecular complexity index is 741. The zero-order valence-electron chi connectivity index (χ0n) is 20.9. The fourth-order valence-corrected chi connectivity index (χ4v) is 3.42. The van der Waals surface area contributed by atoms with E-state index in [1.807, 2.05) is 65.0 Å². The van der Waals surface area contributed by atoms with Crippen molar-refractivity contribution in [3.8, 4) is 0 Å². The van der Waals surface area contributed by atoms with Crippen LogP contribution in [0.15, 0.2) is 30.3 Å². The number of amides is 3. The molecular weight excluding hydrogens is 406 g/mol. The summed E-state index contributed by atoms with van der Waals surface area (Å²) in [6.07, 6.45) is 0.465. The van der Waals surface area contributed by atoms with E-state index in [1.165, 1.54) is 0 Å². The molecule has 2 N–H and O–H groups in total. The van der Waals surface area contributed by atoms with Gasteiger partial charge in [0.2, 0.25) is 11.8 Å². The van der Waals surface area contributed by atoms with Crippen molar-refractivity contribution in [2.45, 2.75) is 92.0 Å². The van der Waals surface area contributed by atoms with Gasteiger partial charge in [0, 0.05) is 12.6 Å². The topological polar surface area (TPSA) is 87.7 Å². The minimum Gasteiger partial charge on any atom is -0.444 e. The highest BCUT2D eigenvalue weighted by molar-refractivity contribution is 5.92. The summed E-state index contributed by atoms with van der Waals surface area (Å²) in [5, 5.41) is 5.69. The van der Waals surface area contributed by atoms with Crippen molar-refractivity contribution in [1.82, 2.24) is 15.5 Å². The molecule has 0 spiro atoms. The van der Waals surface area contributed by atoms with Crippen LogP contribution in [0.25, 0.3) is 0 Å². The summed E-state index contributed by atoms with van der Waals surface area (Å²) >= 11 is 0. The Kier molecular flexibility index (Phi) is 10.7. The van der Waals surface area contributed by atoms with Crippen LogP contribution < -0.4 is 10.6 Å². The number of ether oxygens (including phenoxy) is 1. The highest BCUT2D eigenvalue weighted by atomic mass is 16.6. The minimum atomic E-state index is -0.797. The van der Waals surface area contributed by atoms with Crippen molar-refractivity contribution in [3.05, 3.63) is 35.9 Å². The molecule has 0 aliphatic carbocycles. The number of carbonyl (C=O) groups excluding carboxylic acids is 3. The number of benzene rings is 1. The van der Waals surface area contributed by atoms with Gasteiger partial charge in [-0.15, -0.1) is 0 Å². The first-order valence-electron chi connectivity index (χ1n) is 11.5. The Labute approximate surface area is 193 Å². The lowest BCUT2D eigenvalue weighted by Crippen LogP contribution is -2.54. The predicted octanol–water partition coefficient (Wildman–Crippen LogP) is 4.43. The molecule has 2 atom stereocenters. The summed E-state index contributed by atoms with van der Waals surface area (Å²) in [5.41, 5.74) is 0.0514. The normalized spacial score (nSPS) is 13.4. The summed E-state index contributed by atoms with van der Waals surface area (Å²) in [5.74, 6) is -0.380. The molecule has 1 rings (SSSR count). The van der Waals surface area contributed by atoms with E-state index >= 15 is 0 Å². The lowest BCUT2D eigenvalue weighted by molar-refractivity contribution is -0.143. The molecule has 0 aliphatic rings. The summed E-state index contributed by atoms with van der Waals surface area (Å²) < 4.78 is 5.38. The third kappa shape index (κ3) is 9.28. The standard InChI is InChI=1S/C25H41N3O4/c1-9-15-28(21(22(29)26-18(4)5)19-13-11-10-12-14-19)23(30)20(16-17(2)3)27-24(31)32-25(6,7)8/h10-14,17-18,20-21H,9,15-16H2,1-8H3,(H,26,29)(H,27,31). The van der Waals surface area contributed by atoms with Gasteiger partial charge in [-0.05, 0) is 58.9 Å². The second-order valence-corrected chi connectivity index (χ2v) is 9.84. The van der Waals surface area contributed by atoms with Crippen molar-refractivity contribution in [3.63, 3.8) is 0 Å². The van der Waals surface area contributed by atoms with Crippen LogP contribution in [0.4, 0.5) is 4.79 Å². The highest BCUT2D eigenvalue weighted by Crippen LogP contribution is 2.24. The summed E-state index contributed by atoms with van der Waals surface area (Å²) in [6, 6.07) is 7.61. The molecule has 1 aromatic rings. The molecule has 180 valence electrons. The maximum atomic E-state index is 13.8. The summed E-state index contributed by atoms with van der Waals surface area (Å²) in [7, 11) is 0. The number of nitrogens with zero attached hydrogens (tertiary/aromatic N) is 1. The third-order valence-electron chi connectivity index (χ3n) is 4.55. The van der Waals surface area contributed by atoms with Gasteiger partial charge in [0.05, 0.1) is 0 Å². The van der Waals surface area contributed by atoms with E-state index in [0.29, 0.717) is 19.4 Å². The first-order chi connectivity index (χ1) is 14.9. The average Bonchev–Trinajstić information content (AvgIpc) is 2.65. The number of carbonyl (C=O) groups is 3. The molecule has 7 heteroatoms. The zero-order chi connectivity index (χ0) is 24.5. The minimum absolute atomic E-state index is 0.0707. The molecule has 0 aromatic heterocycles. The molecule has 0 heterocycles. The second-order valence-electron chi connectivity index (χ2n) is 9.84. The first-order valence-corrected chi connectivity index (χ1v) is 11.5. The summed E-state index contributed by atoms with van der Waals surface area (Å²) in [4.78, 5) is 41.0. The van der Waals surface area contributed by atoms with Crippen molar-refractivity contribution in [2.75, 3.05) is 6.54 Å². The third-order valence-corrected chi connectivity index (χ3v) is 4.55. The van der Waals surface area contributed by atoms with E-state index in [-0.39, 0.29) is 23.8 Å². The molecule has 0 aliphatic heterocycles. The molecule has 0 saturated heterocycles. The molecule has 2 unspecified atom stereocenters. The number of hydrogen-bond donors (Lipinski definition) is 2. The fourth-order valence-electron chi connectivity index (χ4n) is 3.42. The summed E-state index contributed by atoms with van der Waals surface area (Å²) in [6.45, 7) is 15.4. The molecule has 3 amide bonds. The van der Waals surface area contributed by atoms with Gasteiger partial charge in [0.1, 0.15) is 17.7 Å². The first kappa shape index (κ1) is 27.5. The fraction of sp³-hybridized carbons (Fsp3) is 0.640. The Morgan fingerprint density at radius 3 is 2.06 bits per heavy atom. The predicted molar refractivity (Wildman–Crippen MR) is 127 cm³/mol. The van der Waals surface area contributed by atoms with Gasteiger partial charge in [0.25, 0.3) is 0 Å². The van der Waals surface area contributed by atoms with Crippen LogP contribution in [-0.2, 0) is 14.3 Å². The Balaban J connectivity index is 3.33. The lowest BCUT2D eigenvalue weighted by atomic mass is 9.99. The van der Waals surface area contributed by atoms with E-state index in [4.69, 9.17) is 4.74 Å². The molecule has 7 nitrogen and oxygen atoms in total. The van der Waals surface area contributed by atoms with Gasteiger partial charge in [-0.25, -0.2) is 4.79 Å². The molecule has 0 fully saturated rings.